The fraction of sp³-hybridized carbons (Fsp3) is 0.889. The molecule has 72 heavy (non-hydrogen) atoms. The Kier molecular flexibility index (Phi) is 53.3. The molecule has 0 saturated heterocycles. The maximum atomic E-state index is 12.8. The molecule has 0 rings (SSSR count). The zero-order valence-electron chi connectivity index (χ0n) is 48.3. The molecule has 0 amide bonds. The van der Waals surface area contributed by atoms with E-state index in [0.717, 1.165) is 57.8 Å². The second-order valence-corrected chi connectivity index (χ2v) is 22.4. The molecule has 424 valence electrons. The fourth-order valence-corrected chi connectivity index (χ4v) is 9.16. The Balaban J connectivity index is 4.03. The minimum atomic E-state index is -1.62. The van der Waals surface area contributed by atoms with Gasteiger partial charge in [-0.25, -0.2) is 0 Å². The van der Waals surface area contributed by atoms with Crippen LogP contribution in [-0.4, -0.2) is 82.3 Å². The number of carbonyl (C=O) groups is 3. The Morgan fingerprint density at radius 1 is 0.417 bits per heavy atom. The van der Waals surface area contributed by atoms with Crippen LogP contribution in [0.15, 0.2) is 24.3 Å². The quantitative estimate of drug-likeness (QED) is 0.0195. The molecular formula is C63H119NO8. The number of aliphatic carboxylic acids is 1. The Morgan fingerprint density at radius 3 is 1.12 bits per heavy atom. The van der Waals surface area contributed by atoms with Gasteiger partial charge < -0.3 is 33.3 Å². The van der Waals surface area contributed by atoms with Gasteiger partial charge in [-0.1, -0.05) is 269 Å². The molecule has 0 aromatic heterocycles. The molecule has 0 spiro atoms. The second-order valence-electron chi connectivity index (χ2n) is 22.4. The van der Waals surface area contributed by atoms with Gasteiger partial charge in [0.05, 0.1) is 40.3 Å². The molecule has 0 N–H and O–H groups in total. The lowest BCUT2D eigenvalue weighted by Crippen LogP contribution is -2.44. The lowest BCUT2D eigenvalue weighted by Gasteiger charge is -2.26. The normalized spacial score (nSPS) is 12.8. The number of carboxylic acid groups (broad SMARTS) is 1. The first-order valence-corrected chi connectivity index (χ1v) is 31.0. The summed E-state index contributed by atoms with van der Waals surface area (Å²) in [5.41, 5.74) is 0. The Hall–Kier alpha value is -2.23. The van der Waals surface area contributed by atoms with E-state index in [1.165, 1.54) is 212 Å². The van der Waals surface area contributed by atoms with E-state index in [1.807, 2.05) is 21.1 Å². The highest BCUT2D eigenvalue weighted by atomic mass is 16.7. The summed E-state index contributed by atoms with van der Waals surface area (Å²) in [6.45, 7) is 4.75. The first-order valence-electron chi connectivity index (χ1n) is 31.0. The predicted molar refractivity (Wildman–Crippen MR) is 302 cm³/mol. The number of carboxylic acids is 1. The predicted octanol–water partition coefficient (Wildman–Crippen LogP) is 17.0. The molecule has 0 radical (unpaired) electrons. The molecule has 0 bridgehead atoms. The van der Waals surface area contributed by atoms with E-state index in [-0.39, 0.29) is 32.2 Å². The topological polar surface area (TPSA) is 111 Å². The third-order valence-corrected chi connectivity index (χ3v) is 14.0. The number of quaternary nitrogens is 1. The van der Waals surface area contributed by atoms with Gasteiger partial charge in [0.1, 0.15) is 13.2 Å². The van der Waals surface area contributed by atoms with Gasteiger partial charge in [0.2, 0.25) is 0 Å². The van der Waals surface area contributed by atoms with Crippen molar-refractivity contribution in [3.05, 3.63) is 24.3 Å². The van der Waals surface area contributed by atoms with Crippen molar-refractivity contribution < 1.29 is 42.9 Å². The molecule has 0 aromatic carbocycles. The number of nitrogens with zero attached hydrogens (tertiary/aromatic N) is 1. The minimum absolute atomic E-state index is 0.147. The molecular weight excluding hydrogens is 899 g/mol. The highest BCUT2D eigenvalue weighted by Crippen LogP contribution is 2.18. The number of ether oxygens (including phenoxy) is 4. The lowest BCUT2D eigenvalue weighted by atomic mass is 10.0. The van der Waals surface area contributed by atoms with Crippen LogP contribution in [0.25, 0.3) is 0 Å². The van der Waals surface area contributed by atoms with Crippen molar-refractivity contribution in [2.75, 3.05) is 47.5 Å². The van der Waals surface area contributed by atoms with Crippen LogP contribution in [-0.2, 0) is 33.3 Å². The number of carbonyl (C=O) groups excluding carboxylic acids is 3. The van der Waals surface area contributed by atoms with Crippen molar-refractivity contribution >= 4 is 17.9 Å². The summed E-state index contributed by atoms with van der Waals surface area (Å²) in [6.07, 6.45) is 62.6. The lowest BCUT2D eigenvalue weighted by molar-refractivity contribution is -0.870. The molecule has 0 heterocycles. The number of allylic oxidation sites excluding steroid dienone is 4. The van der Waals surface area contributed by atoms with Gasteiger partial charge in [0.25, 0.3) is 0 Å². The number of hydrogen-bond donors (Lipinski definition) is 0. The van der Waals surface area contributed by atoms with E-state index in [0.29, 0.717) is 23.9 Å². The molecule has 0 aliphatic carbocycles. The van der Waals surface area contributed by atoms with E-state index in [4.69, 9.17) is 18.9 Å². The van der Waals surface area contributed by atoms with Crippen molar-refractivity contribution in [2.24, 2.45) is 0 Å². The molecule has 2 atom stereocenters. The number of likely N-dealkylation sites (N-methyl/N-ethyl adjacent to an activating group) is 1. The van der Waals surface area contributed by atoms with Crippen LogP contribution in [0.3, 0.4) is 0 Å². The molecule has 2 unspecified atom stereocenters. The average Bonchev–Trinajstić information content (AvgIpc) is 3.35. The first-order chi connectivity index (χ1) is 35.1. The monoisotopic (exact) mass is 1020 g/mol. The Bertz CT molecular complexity index is 1230. The molecule has 9 heteroatoms. The molecule has 9 nitrogen and oxygen atoms in total. The third kappa shape index (κ3) is 55.5. The van der Waals surface area contributed by atoms with E-state index >= 15 is 0 Å². The van der Waals surface area contributed by atoms with Crippen molar-refractivity contribution in [2.45, 2.75) is 315 Å². The van der Waals surface area contributed by atoms with Crippen LogP contribution in [0.1, 0.15) is 303 Å². The average molecular weight is 1020 g/mol. The summed E-state index contributed by atoms with van der Waals surface area (Å²) in [6, 6.07) is 0. The smallest absolute Gasteiger partial charge is 0.306 e. The summed E-state index contributed by atoms with van der Waals surface area (Å²) in [7, 11) is 5.92. The minimum Gasteiger partial charge on any atom is -0.545 e. The Labute approximate surface area is 446 Å². The fourth-order valence-electron chi connectivity index (χ4n) is 9.16. The van der Waals surface area contributed by atoms with Crippen LogP contribution in [0.2, 0.25) is 0 Å². The van der Waals surface area contributed by atoms with Gasteiger partial charge in [0.15, 0.2) is 12.4 Å². The summed E-state index contributed by atoms with van der Waals surface area (Å²) < 4.78 is 22.7. The molecule has 0 aromatic rings. The summed E-state index contributed by atoms with van der Waals surface area (Å²) in [4.78, 5) is 37.2. The molecule has 0 aliphatic heterocycles. The zero-order chi connectivity index (χ0) is 52.7. The maximum absolute atomic E-state index is 12.8. The first kappa shape index (κ1) is 69.8. The highest BCUT2D eigenvalue weighted by molar-refractivity contribution is 5.70. The third-order valence-electron chi connectivity index (χ3n) is 14.0. The number of hydrogen-bond acceptors (Lipinski definition) is 8. The zero-order valence-corrected chi connectivity index (χ0v) is 48.3. The second kappa shape index (κ2) is 55.0. The van der Waals surface area contributed by atoms with Gasteiger partial charge in [0, 0.05) is 12.8 Å². The van der Waals surface area contributed by atoms with Crippen LogP contribution in [0.4, 0.5) is 0 Å². The van der Waals surface area contributed by atoms with E-state index in [9.17, 15) is 19.5 Å². The number of rotatable bonds is 58. The van der Waals surface area contributed by atoms with Crippen LogP contribution in [0, 0.1) is 0 Å². The van der Waals surface area contributed by atoms with E-state index in [2.05, 4.69) is 38.2 Å². The summed E-state index contributed by atoms with van der Waals surface area (Å²) in [5.74, 6) is -2.28. The van der Waals surface area contributed by atoms with Crippen LogP contribution in [0.5, 0.6) is 0 Å². The molecule has 0 fully saturated rings. The largest absolute Gasteiger partial charge is 0.545 e. The van der Waals surface area contributed by atoms with Crippen molar-refractivity contribution in [1.29, 1.82) is 0 Å². The van der Waals surface area contributed by atoms with Crippen LogP contribution < -0.4 is 5.11 Å². The SMILES string of the molecule is CCCCC/C=C\C/C=C\CCCCCCCC(=O)OC(COC(=O)CCCCCCCCCCCCCCCCCCCCCCCCCCCCCCCCCC)COC(OCC[N+](C)(C)C)C(=O)[O-]. The molecule has 0 saturated carbocycles. The van der Waals surface area contributed by atoms with Gasteiger partial charge in [-0.3, -0.25) is 9.59 Å². The number of unbranched alkanes of at least 4 members (excludes halogenated alkanes) is 39. The highest BCUT2D eigenvalue weighted by Gasteiger charge is 2.22. The van der Waals surface area contributed by atoms with Crippen molar-refractivity contribution in [3.8, 4) is 0 Å². The standard InChI is InChI=1S/C63H119NO8/c1-6-8-10-12-14-16-18-20-22-23-24-25-26-27-28-29-30-31-32-33-34-35-36-37-38-40-41-43-45-47-49-51-53-60(65)70-57-59(58-71-63(62(67)68)69-56-55-64(3,4)5)72-61(66)54-52-50-48-46-44-42-39-21-19-17-15-13-11-9-7-2/h15,17,21,39,59,63H,6-14,16,18-20,22-38,40-58H2,1-5H3/b17-15-,39-21-. The van der Waals surface area contributed by atoms with Gasteiger partial charge in [-0.05, 0) is 44.9 Å². The number of esters is 2. The summed E-state index contributed by atoms with van der Waals surface area (Å²) >= 11 is 0. The van der Waals surface area contributed by atoms with Crippen molar-refractivity contribution in [1.82, 2.24) is 0 Å². The summed E-state index contributed by atoms with van der Waals surface area (Å²) in [5, 5.41) is 11.8. The van der Waals surface area contributed by atoms with Gasteiger partial charge in [-0.2, -0.15) is 0 Å². The van der Waals surface area contributed by atoms with Gasteiger partial charge >= 0.3 is 11.9 Å². The van der Waals surface area contributed by atoms with Crippen LogP contribution >= 0.6 is 0 Å². The maximum Gasteiger partial charge on any atom is 0.306 e. The Morgan fingerprint density at radius 2 is 0.750 bits per heavy atom. The van der Waals surface area contributed by atoms with Gasteiger partial charge in [-0.15, -0.1) is 0 Å². The van der Waals surface area contributed by atoms with Crippen molar-refractivity contribution in [3.63, 3.8) is 0 Å². The van der Waals surface area contributed by atoms with E-state index in [1.54, 1.807) is 0 Å². The molecule has 0 aliphatic rings. The van der Waals surface area contributed by atoms with E-state index < -0.39 is 24.3 Å².